The number of para-hydroxylation sites is 2. The zero-order chi connectivity index (χ0) is 11.7. The Labute approximate surface area is 91.3 Å². The SMILES string of the molecule is CC(C(=O)O)n1c(C=O)nc2ccccc21. The van der Waals surface area contributed by atoms with Gasteiger partial charge in [0.05, 0.1) is 11.0 Å². The van der Waals surface area contributed by atoms with E-state index in [1.54, 1.807) is 24.3 Å². The molecule has 1 aromatic carbocycles. The first-order chi connectivity index (χ1) is 7.65. The Morgan fingerprint density at radius 3 is 2.81 bits per heavy atom. The Bertz CT molecular complexity index is 559. The van der Waals surface area contributed by atoms with Gasteiger partial charge in [0.2, 0.25) is 0 Å². The molecule has 5 heteroatoms. The molecular weight excluding hydrogens is 208 g/mol. The van der Waals surface area contributed by atoms with Crippen molar-refractivity contribution in [3.05, 3.63) is 30.1 Å². The fourth-order valence-electron chi connectivity index (χ4n) is 1.66. The molecule has 1 aromatic heterocycles. The quantitative estimate of drug-likeness (QED) is 0.792. The van der Waals surface area contributed by atoms with Crippen molar-refractivity contribution in [3.8, 4) is 0 Å². The fraction of sp³-hybridized carbons (Fsp3) is 0.182. The highest BCUT2D eigenvalue weighted by Crippen LogP contribution is 2.20. The third-order valence-corrected chi connectivity index (χ3v) is 2.47. The molecule has 2 aromatic rings. The lowest BCUT2D eigenvalue weighted by atomic mass is 10.3. The van der Waals surface area contributed by atoms with Gasteiger partial charge in [0.15, 0.2) is 12.1 Å². The van der Waals surface area contributed by atoms with Crippen molar-refractivity contribution >= 4 is 23.3 Å². The fourth-order valence-corrected chi connectivity index (χ4v) is 1.66. The number of carbonyl (C=O) groups excluding carboxylic acids is 1. The molecule has 16 heavy (non-hydrogen) atoms. The van der Waals surface area contributed by atoms with Crippen molar-refractivity contribution in [1.82, 2.24) is 9.55 Å². The summed E-state index contributed by atoms with van der Waals surface area (Å²) in [6.45, 7) is 1.52. The van der Waals surface area contributed by atoms with E-state index in [9.17, 15) is 9.59 Å². The van der Waals surface area contributed by atoms with Gasteiger partial charge in [0.1, 0.15) is 6.04 Å². The number of carbonyl (C=O) groups is 2. The molecular formula is C11H10N2O3. The second-order valence-electron chi connectivity index (χ2n) is 3.46. The zero-order valence-electron chi connectivity index (χ0n) is 8.62. The van der Waals surface area contributed by atoms with E-state index in [4.69, 9.17) is 5.11 Å². The van der Waals surface area contributed by atoms with Crippen LogP contribution in [-0.4, -0.2) is 26.9 Å². The van der Waals surface area contributed by atoms with E-state index in [2.05, 4.69) is 4.98 Å². The first kappa shape index (κ1) is 10.4. The molecule has 0 saturated heterocycles. The van der Waals surface area contributed by atoms with Gasteiger partial charge in [-0.3, -0.25) is 4.79 Å². The van der Waals surface area contributed by atoms with E-state index in [-0.39, 0.29) is 5.82 Å². The number of aliphatic carboxylic acids is 1. The molecule has 0 saturated carbocycles. The van der Waals surface area contributed by atoms with Gasteiger partial charge in [0.25, 0.3) is 0 Å². The highest BCUT2D eigenvalue weighted by molar-refractivity contribution is 5.85. The summed E-state index contributed by atoms with van der Waals surface area (Å²) in [5, 5.41) is 8.97. The second kappa shape index (κ2) is 3.77. The van der Waals surface area contributed by atoms with Gasteiger partial charge in [-0.2, -0.15) is 0 Å². The van der Waals surface area contributed by atoms with Crippen LogP contribution in [0.5, 0.6) is 0 Å². The van der Waals surface area contributed by atoms with Crippen molar-refractivity contribution < 1.29 is 14.7 Å². The topological polar surface area (TPSA) is 72.2 Å². The Morgan fingerprint density at radius 1 is 1.50 bits per heavy atom. The summed E-state index contributed by atoms with van der Waals surface area (Å²) in [4.78, 5) is 25.9. The first-order valence-corrected chi connectivity index (χ1v) is 4.80. The smallest absolute Gasteiger partial charge is 0.326 e. The Kier molecular flexibility index (Phi) is 2.44. The van der Waals surface area contributed by atoms with E-state index in [1.807, 2.05) is 0 Å². The number of benzene rings is 1. The second-order valence-corrected chi connectivity index (χ2v) is 3.46. The maximum atomic E-state index is 10.9. The number of carboxylic acid groups (broad SMARTS) is 1. The van der Waals surface area contributed by atoms with E-state index in [0.29, 0.717) is 17.3 Å². The van der Waals surface area contributed by atoms with Crippen molar-refractivity contribution in [3.63, 3.8) is 0 Å². The van der Waals surface area contributed by atoms with Crippen LogP contribution in [0, 0.1) is 0 Å². The molecule has 0 aliphatic heterocycles. The van der Waals surface area contributed by atoms with Crippen LogP contribution in [-0.2, 0) is 4.79 Å². The van der Waals surface area contributed by atoms with E-state index >= 15 is 0 Å². The summed E-state index contributed by atoms with van der Waals surface area (Å²) in [6, 6.07) is 6.25. The van der Waals surface area contributed by atoms with Gasteiger partial charge in [-0.1, -0.05) is 12.1 Å². The van der Waals surface area contributed by atoms with Crippen LogP contribution in [0.15, 0.2) is 24.3 Å². The minimum absolute atomic E-state index is 0.135. The van der Waals surface area contributed by atoms with Crippen LogP contribution < -0.4 is 0 Å². The highest BCUT2D eigenvalue weighted by Gasteiger charge is 2.19. The van der Waals surface area contributed by atoms with Crippen molar-refractivity contribution in [1.29, 1.82) is 0 Å². The minimum Gasteiger partial charge on any atom is -0.480 e. The molecule has 82 valence electrons. The number of aldehydes is 1. The number of aromatic nitrogens is 2. The molecule has 0 spiro atoms. The van der Waals surface area contributed by atoms with Gasteiger partial charge in [-0.25, -0.2) is 9.78 Å². The van der Waals surface area contributed by atoms with Gasteiger partial charge in [-0.05, 0) is 19.1 Å². The number of rotatable bonds is 3. The molecule has 0 aliphatic rings. The monoisotopic (exact) mass is 218 g/mol. The minimum atomic E-state index is -0.994. The van der Waals surface area contributed by atoms with Crippen LogP contribution in [0.4, 0.5) is 0 Å². The van der Waals surface area contributed by atoms with Crippen molar-refractivity contribution in [2.24, 2.45) is 0 Å². The summed E-state index contributed by atoms with van der Waals surface area (Å²) in [6.07, 6.45) is 0.569. The van der Waals surface area contributed by atoms with Crippen molar-refractivity contribution in [2.45, 2.75) is 13.0 Å². The Balaban J connectivity index is 2.73. The first-order valence-electron chi connectivity index (χ1n) is 4.80. The summed E-state index contributed by atoms with van der Waals surface area (Å²) < 4.78 is 1.42. The number of carboxylic acids is 1. The summed E-state index contributed by atoms with van der Waals surface area (Å²) >= 11 is 0. The molecule has 1 unspecified atom stereocenters. The standard InChI is InChI=1S/C11H10N2O3/c1-7(11(15)16)13-9-5-3-2-4-8(9)12-10(13)6-14/h2-7H,1H3,(H,15,16). The molecule has 1 N–H and O–H groups in total. The zero-order valence-corrected chi connectivity index (χ0v) is 8.62. The third kappa shape index (κ3) is 1.46. The molecule has 2 rings (SSSR count). The Hall–Kier alpha value is -2.17. The molecule has 0 radical (unpaired) electrons. The predicted octanol–water partition coefficient (Wildman–Crippen LogP) is 1.49. The van der Waals surface area contributed by atoms with Gasteiger partial charge < -0.3 is 9.67 Å². The maximum Gasteiger partial charge on any atom is 0.326 e. The lowest BCUT2D eigenvalue weighted by molar-refractivity contribution is -0.140. The van der Waals surface area contributed by atoms with Crippen LogP contribution in [0.3, 0.4) is 0 Å². The van der Waals surface area contributed by atoms with Gasteiger partial charge in [-0.15, -0.1) is 0 Å². The molecule has 0 fully saturated rings. The van der Waals surface area contributed by atoms with E-state index < -0.39 is 12.0 Å². The lowest BCUT2D eigenvalue weighted by Gasteiger charge is -2.10. The lowest BCUT2D eigenvalue weighted by Crippen LogP contribution is -2.17. The average Bonchev–Trinajstić information content (AvgIpc) is 2.66. The number of hydrogen-bond donors (Lipinski definition) is 1. The molecule has 1 heterocycles. The number of hydrogen-bond acceptors (Lipinski definition) is 3. The molecule has 5 nitrogen and oxygen atoms in total. The van der Waals surface area contributed by atoms with Gasteiger partial charge >= 0.3 is 5.97 Å². The average molecular weight is 218 g/mol. The third-order valence-electron chi connectivity index (χ3n) is 2.47. The summed E-state index contributed by atoms with van der Waals surface area (Å²) in [5.41, 5.74) is 1.28. The van der Waals surface area contributed by atoms with E-state index in [0.717, 1.165) is 0 Å². The molecule has 0 amide bonds. The predicted molar refractivity (Wildman–Crippen MR) is 57.5 cm³/mol. The number of imidazole rings is 1. The Morgan fingerprint density at radius 2 is 2.19 bits per heavy atom. The van der Waals surface area contributed by atoms with Crippen LogP contribution in [0.2, 0.25) is 0 Å². The largest absolute Gasteiger partial charge is 0.480 e. The van der Waals surface area contributed by atoms with Crippen molar-refractivity contribution in [2.75, 3.05) is 0 Å². The summed E-state index contributed by atoms with van der Waals surface area (Å²) in [7, 11) is 0. The van der Waals surface area contributed by atoms with Crippen LogP contribution in [0.25, 0.3) is 11.0 Å². The normalized spacial score (nSPS) is 12.6. The highest BCUT2D eigenvalue weighted by atomic mass is 16.4. The molecule has 0 aliphatic carbocycles. The number of fused-ring (bicyclic) bond motifs is 1. The van der Waals surface area contributed by atoms with E-state index in [1.165, 1.54) is 11.5 Å². The molecule has 1 atom stereocenters. The van der Waals surface area contributed by atoms with Crippen LogP contribution >= 0.6 is 0 Å². The number of nitrogens with zero attached hydrogens (tertiary/aromatic N) is 2. The maximum absolute atomic E-state index is 10.9. The van der Waals surface area contributed by atoms with Crippen LogP contribution in [0.1, 0.15) is 23.6 Å². The summed E-state index contributed by atoms with van der Waals surface area (Å²) in [5.74, 6) is -0.859. The van der Waals surface area contributed by atoms with Gasteiger partial charge in [0, 0.05) is 0 Å². The molecule has 0 bridgehead atoms.